The van der Waals surface area contributed by atoms with E-state index in [9.17, 15) is 4.79 Å². The van der Waals surface area contributed by atoms with Gasteiger partial charge in [0.15, 0.2) is 0 Å². The van der Waals surface area contributed by atoms with E-state index in [1.165, 1.54) is 0 Å². The lowest BCUT2D eigenvalue weighted by atomic mass is 9.99. The second-order valence-electron chi connectivity index (χ2n) is 4.69. The SMILES string of the molecule is CCC(C)C(N)C(=O)NCCCOCc1ccco1. The van der Waals surface area contributed by atoms with Crippen molar-refractivity contribution in [2.24, 2.45) is 11.7 Å². The van der Waals surface area contributed by atoms with E-state index in [1.54, 1.807) is 6.26 Å². The summed E-state index contributed by atoms with van der Waals surface area (Å²) in [4.78, 5) is 11.7. The van der Waals surface area contributed by atoms with Crippen LogP contribution in [0.3, 0.4) is 0 Å². The molecule has 0 aliphatic rings. The smallest absolute Gasteiger partial charge is 0.237 e. The third-order valence-corrected chi connectivity index (χ3v) is 3.15. The number of furan rings is 1. The van der Waals surface area contributed by atoms with Gasteiger partial charge in [-0.15, -0.1) is 0 Å². The number of hydrogen-bond donors (Lipinski definition) is 2. The molecular formula is C14H24N2O3. The summed E-state index contributed by atoms with van der Waals surface area (Å²) in [5, 5.41) is 2.82. The maximum atomic E-state index is 11.7. The number of carbonyl (C=O) groups is 1. The molecule has 108 valence electrons. The normalized spacial score (nSPS) is 14.1. The Bertz CT molecular complexity index is 352. The molecule has 0 fully saturated rings. The van der Waals surface area contributed by atoms with E-state index in [2.05, 4.69) is 5.32 Å². The van der Waals surface area contributed by atoms with Crippen molar-refractivity contribution in [1.29, 1.82) is 0 Å². The lowest BCUT2D eigenvalue weighted by molar-refractivity contribution is -0.123. The first-order valence-corrected chi connectivity index (χ1v) is 6.78. The Hall–Kier alpha value is -1.33. The molecule has 1 rings (SSSR count). The van der Waals surface area contributed by atoms with Crippen LogP contribution >= 0.6 is 0 Å². The molecule has 5 heteroatoms. The second kappa shape index (κ2) is 8.72. The van der Waals surface area contributed by atoms with Crippen LogP contribution in [-0.2, 0) is 16.1 Å². The second-order valence-corrected chi connectivity index (χ2v) is 4.69. The topological polar surface area (TPSA) is 77.5 Å². The van der Waals surface area contributed by atoms with Crippen LogP contribution in [0.2, 0.25) is 0 Å². The van der Waals surface area contributed by atoms with Crippen molar-refractivity contribution in [2.75, 3.05) is 13.2 Å². The molecule has 1 aromatic rings. The molecule has 0 saturated carbocycles. The zero-order valence-electron chi connectivity index (χ0n) is 11.7. The number of ether oxygens (including phenoxy) is 1. The van der Waals surface area contributed by atoms with Crippen LogP contribution in [0.4, 0.5) is 0 Å². The molecule has 0 spiro atoms. The van der Waals surface area contributed by atoms with Gasteiger partial charge >= 0.3 is 0 Å². The Morgan fingerprint density at radius 1 is 1.58 bits per heavy atom. The Kier molecular flexibility index (Phi) is 7.22. The first-order chi connectivity index (χ1) is 9.15. The highest BCUT2D eigenvalue weighted by molar-refractivity contribution is 5.81. The summed E-state index contributed by atoms with van der Waals surface area (Å²) in [6.07, 6.45) is 3.29. The average Bonchev–Trinajstić information content (AvgIpc) is 2.93. The van der Waals surface area contributed by atoms with Gasteiger partial charge in [-0.2, -0.15) is 0 Å². The Morgan fingerprint density at radius 3 is 3.00 bits per heavy atom. The Balaban J connectivity index is 2.02. The van der Waals surface area contributed by atoms with E-state index in [4.69, 9.17) is 14.9 Å². The van der Waals surface area contributed by atoms with Gasteiger partial charge in [0.25, 0.3) is 0 Å². The van der Waals surface area contributed by atoms with Crippen LogP contribution in [0.15, 0.2) is 22.8 Å². The van der Waals surface area contributed by atoms with Crippen LogP contribution in [0.1, 0.15) is 32.4 Å². The number of amides is 1. The maximum Gasteiger partial charge on any atom is 0.237 e. The minimum Gasteiger partial charge on any atom is -0.467 e. The van der Waals surface area contributed by atoms with Crippen molar-refractivity contribution in [3.63, 3.8) is 0 Å². The third-order valence-electron chi connectivity index (χ3n) is 3.15. The zero-order chi connectivity index (χ0) is 14.1. The van der Waals surface area contributed by atoms with Crippen LogP contribution in [0.5, 0.6) is 0 Å². The molecule has 0 bridgehead atoms. The van der Waals surface area contributed by atoms with Gasteiger partial charge in [-0.3, -0.25) is 4.79 Å². The third kappa shape index (κ3) is 5.89. The minimum atomic E-state index is -0.422. The molecule has 2 atom stereocenters. The molecule has 5 nitrogen and oxygen atoms in total. The monoisotopic (exact) mass is 268 g/mol. The standard InChI is InChI=1S/C14H24N2O3/c1-3-11(2)13(15)14(17)16-7-5-8-18-10-12-6-4-9-19-12/h4,6,9,11,13H,3,5,7-8,10,15H2,1-2H3,(H,16,17). The van der Waals surface area contributed by atoms with Gasteiger partial charge in [0.2, 0.25) is 5.91 Å². The van der Waals surface area contributed by atoms with Crippen molar-refractivity contribution in [3.8, 4) is 0 Å². The Morgan fingerprint density at radius 2 is 2.37 bits per heavy atom. The van der Waals surface area contributed by atoms with E-state index in [-0.39, 0.29) is 11.8 Å². The van der Waals surface area contributed by atoms with Gasteiger partial charge in [0.05, 0.1) is 12.3 Å². The lowest BCUT2D eigenvalue weighted by Crippen LogP contribution is -2.44. The molecule has 1 amide bonds. The number of carbonyl (C=O) groups excluding carboxylic acids is 1. The molecule has 0 aliphatic heterocycles. The molecule has 1 aromatic heterocycles. The molecule has 2 unspecified atom stereocenters. The van der Waals surface area contributed by atoms with Crippen molar-refractivity contribution >= 4 is 5.91 Å². The van der Waals surface area contributed by atoms with Gasteiger partial charge in [-0.05, 0) is 24.5 Å². The molecular weight excluding hydrogens is 244 g/mol. The van der Waals surface area contributed by atoms with Crippen LogP contribution in [0.25, 0.3) is 0 Å². The van der Waals surface area contributed by atoms with E-state index in [1.807, 2.05) is 26.0 Å². The first kappa shape index (κ1) is 15.7. The lowest BCUT2D eigenvalue weighted by Gasteiger charge is -2.17. The Labute approximate surface area is 114 Å². The van der Waals surface area contributed by atoms with Gasteiger partial charge in [0.1, 0.15) is 12.4 Å². The fourth-order valence-electron chi connectivity index (χ4n) is 1.58. The summed E-state index contributed by atoms with van der Waals surface area (Å²) in [7, 11) is 0. The summed E-state index contributed by atoms with van der Waals surface area (Å²) in [5.41, 5.74) is 5.82. The predicted molar refractivity (Wildman–Crippen MR) is 73.4 cm³/mol. The van der Waals surface area contributed by atoms with Crippen molar-refractivity contribution in [2.45, 2.75) is 39.3 Å². The van der Waals surface area contributed by atoms with Crippen molar-refractivity contribution in [3.05, 3.63) is 24.2 Å². The molecule has 1 heterocycles. The van der Waals surface area contributed by atoms with Gasteiger partial charge in [0, 0.05) is 13.2 Å². The molecule has 0 aliphatic carbocycles. The molecule has 0 radical (unpaired) electrons. The maximum absolute atomic E-state index is 11.7. The van der Waals surface area contributed by atoms with Crippen molar-refractivity contribution in [1.82, 2.24) is 5.32 Å². The summed E-state index contributed by atoms with van der Waals surface area (Å²) in [6, 6.07) is 3.27. The summed E-state index contributed by atoms with van der Waals surface area (Å²) in [6.45, 7) is 5.64. The number of hydrogen-bond acceptors (Lipinski definition) is 4. The van der Waals surface area contributed by atoms with E-state index in [0.29, 0.717) is 19.8 Å². The fraction of sp³-hybridized carbons (Fsp3) is 0.643. The fourth-order valence-corrected chi connectivity index (χ4v) is 1.58. The highest BCUT2D eigenvalue weighted by Gasteiger charge is 2.18. The van der Waals surface area contributed by atoms with Crippen LogP contribution < -0.4 is 11.1 Å². The number of nitrogens with one attached hydrogen (secondary N) is 1. The van der Waals surface area contributed by atoms with Gasteiger partial charge in [-0.1, -0.05) is 20.3 Å². The van der Waals surface area contributed by atoms with Crippen LogP contribution in [0, 0.1) is 5.92 Å². The average molecular weight is 268 g/mol. The molecule has 3 N–H and O–H groups in total. The van der Waals surface area contributed by atoms with Gasteiger partial charge in [-0.25, -0.2) is 0 Å². The number of rotatable bonds is 9. The molecule has 0 saturated heterocycles. The predicted octanol–water partition coefficient (Wildman–Crippen LogP) is 1.68. The summed E-state index contributed by atoms with van der Waals surface area (Å²) < 4.78 is 10.5. The highest BCUT2D eigenvalue weighted by atomic mass is 16.5. The molecule has 0 aromatic carbocycles. The largest absolute Gasteiger partial charge is 0.467 e. The van der Waals surface area contributed by atoms with E-state index >= 15 is 0 Å². The first-order valence-electron chi connectivity index (χ1n) is 6.78. The van der Waals surface area contributed by atoms with E-state index < -0.39 is 6.04 Å². The van der Waals surface area contributed by atoms with E-state index in [0.717, 1.165) is 18.6 Å². The molecule has 19 heavy (non-hydrogen) atoms. The van der Waals surface area contributed by atoms with Gasteiger partial charge < -0.3 is 20.2 Å². The minimum absolute atomic E-state index is 0.0830. The zero-order valence-corrected chi connectivity index (χ0v) is 11.7. The summed E-state index contributed by atoms with van der Waals surface area (Å²) in [5.74, 6) is 0.929. The number of nitrogens with two attached hydrogens (primary N) is 1. The van der Waals surface area contributed by atoms with Crippen LogP contribution in [-0.4, -0.2) is 25.1 Å². The highest BCUT2D eigenvalue weighted by Crippen LogP contribution is 2.05. The summed E-state index contributed by atoms with van der Waals surface area (Å²) >= 11 is 0. The van der Waals surface area contributed by atoms with Crippen molar-refractivity contribution < 1.29 is 13.9 Å². The quantitative estimate of drug-likeness (QED) is 0.668.